The summed E-state index contributed by atoms with van der Waals surface area (Å²) in [5, 5.41) is 2.04. The molecule has 5 heteroatoms. The van der Waals surface area contributed by atoms with Gasteiger partial charge in [-0.05, 0) is 30.4 Å². The van der Waals surface area contributed by atoms with Gasteiger partial charge in [0.2, 0.25) is 0 Å². The van der Waals surface area contributed by atoms with Crippen molar-refractivity contribution in [3.05, 3.63) is 21.9 Å². The maximum absolute atomic E-state index is 12.0. The zero-order valence-electron chi connectivity index (χ0n) is 8.02. The molecule has 0 spiro atoms. The number of hydrogen-bond donors (Lipinski definition) is 0. The molecule has 2 rings (SSSR count). The minimum atomic E-state index is -4.05. The molecule has 15 heavy (non-hydrogen) atoms. The van der Waals surface area contributed by atoms with Crippen LogP contribution in [0.4, 0.5) is 13.2 Å². The molecule has 0 radical (unpaired) electrons. The summed E-state index contributed by atoms with van der Waals surface area (Å²) in [6, 6.07) is 1.88. The van der Waals surface area contributed by atoms with E-state index in [1.807, 2.05) is 18.4 Å². The maximum Gasteiger partial charge on any atom is 0.389 e. The van der Waals surface area contributed by atoms with Crippen molar-refractivity contribution in [3.63, 3.8) is 0 Å². The monoisotopic (exact) mass is 250 g/mol. The minimum Gasteiger partial charge on any atom is -0.171 e. The van der Waals surface area contributed by atoms with Crippen LogP contribution < -0.4 is 0 Å². The summed E-state index contributed by atoms with van der Waals surface area (Å²) in [6.07, 6.45) is -4.67. The van der Waals surface area contributed by atoms with Crippen molar-refractivity contribution in [2.24, 2.45) is 0 Å². The van der Waals surface area contributed by atoms with Gasteiger partial charge in [-0.15, -0.1) is 22.7 Å². The highest BCUT2D eigenvalue weighted by molar-refractivity contribution is 7.27. The van der Waals surface area contributed by atoms with Gasteiger partial charge in [-0.1, -0.05) is 0 Å². The van der Waals surface area contributed by atoms with Crippen molar-refractivity contribution in [3.8, 4) is 0 Å². The minimum absolute atomic E-state index is 0.106. The molecular weight excluding hydrogens is 241 g/mol. The first kappa shape index (κ1) is 11.0. The molecule has 0 nitrogen and oxygen atoms in total. The number of fused-ring (bicyclic) bond motifs is 1. The van der Waals surface area contributed by atoms with Gasteiger partial charge in [0.25, 0.3) is 0 Å². The topological polar surface area (TPSA) is 0 Å². The zero-order valence-corrected chi connectivity index (χ0v) is 9.65. The van der Waals surface area contributed by atoms with E-state index in [1.54, 1.807) is 11.3 Å². The third-order valence-corrected chi connectivity index (χ3v) is 4.63. The smallest absolute Gasteiger partial charge is 0.171 e. The van der Waals surface area contributed by atoms with Gasteiger partial charge in [-0.2, -0.15) is 13.2 Å². The summed E-state index contributed by atoms with van der Waals surface area (Å²) < 4.78 is 38.3. The van der Waals surface area contributed by atoms with Crippen LogP contribution in [0.15, 0.2) is 11.4 Å². The number of rotatable bonds is 2. The van der Waals surface area contributed by atoms with Crippen molar-refractivity contribution in [2.75, 3.05) is 0 Å². The molecule has 0 unspecified atom stereocenters. The van der Waals surface area contributed by atoms with E-state index in [0.717, 1.165) is 14.3 Å². The predicted molar refractivity (Wildman–Crippen MR) is 58.8 cm³/mol. The van der Waals surface area contributed by atoms with Crippen molar-refractivity contribution < 1.29 is 13.2 Å². The lowest BCUT2D eigenvalue weighted by Crippen LogP contribution is -2.07. The largest absolute Gasteiger partial charge is 0.389 e. The third kappa shape index (κ3) is 2.52. The summed E-state index contributed by atoms with van der Waals surface area (Å²) in [5.41, 5.74) is 1.17. The molecule has 0 aliphatic rings. The van der Waals surface area contributed by atoms with Crippen LogP contribution in [0, 0.1) is 6.92 Å². The van der Waals surface area contributed by atoms with Gasteiger partial charge in [-0.25, -0.2) is 0 Å². The van der Waals surface area contributed by atoms with Crippen LogP contribution in [-0.2, 0) is 6.42 Å². The molecule has 0 aliphatic heterocycles. The Balaban J connectivity index is 2.16. The first-order chi connectivity index (χ1) is 6.96. The average molecular weight is 250 g/mol. The van der Waals surface area contributed by atoms with E-state index >= 15 is 0 Å². The second-order valence-electron chi connectivity index (χ2n) is 3.44. The highest BCUT2D eigenvalue weighted by atomic mass is 32.1. The molecule has 0 bridgehead atoms. The van der Waals surface area contributed by atoms with E-state index in [-0.39, 0.29) is 6.42 Å². The van der Waals surface area contributed by atoms with Gasteiger partial charge in [0.1, 0.15) is 0 Å². The van der Waals surface area contributed by atoms with Crippen molar-refractivity contribution in [1.29, 1.82) is 0 Å². The van der Waals surface area contributed by atoms with Crippen LogP contribution in [0.5, 0.6) is 0 Å². The van der Waals surface area contributed by atoms with Crippen LogP contribution in [0.1, 0.15) is 16.9 Å². The van der Waals surface area contributed by atoms with E-state index in [1.165, 1.54) is 16.9 Å². The molecule has 2 aromatic rings. The number of hydrogen-bond acceptors (Lipinski definition) is 2. The molecule has 0 atom stereocenters. The van der Waals surface area contributed by atoms with E-state index in [9.17, 15) is 13.2 Å². The lowest BCUT2D eigenvalue weighted by atomic mass is 10.2. The summed E-state index contributed by atoms with van der Waals surface area (Å²) in [5.74, 6) is 0. The molecule has 0 saturated heterocycles. The Bertz CT molecular complexity index is 464. The Hall–Kier alpha value is -0.550. The van der Waals surface area contributed by atoms with E-state index in [4.69, 9.17) is 0 Å². The molecule has 0 amide bonds. The molecule has 0 saturated carbocycles. The first-order valence-corrected chi connectivity index (χ1v) is 6.18. The molecule has 0 aromatic carbocycles. The molecule has 0 fully saturated rings. The van der Waals surface area contributed by atoms with Gasteiger partial charge < -0.3 is 0 Å². The van der Waals surface area contributed by atoms with Crippen LogP contribution in [-0.4, -0.2) is 6.18 Å². The summed E-state index contributed by atoms with van der Waals surface area (Å²) in [6.45, 7) is 1.99. The van der Waals surface area contributed by atoms with Gasteiger partial charge in [-0.3, -0.25) is 0 Å². The summed E-state index contributed by atoms with van der Waals surface area (Å²) >= 11 is 3.08. The molecule has 2 heterocycles. The number of thiophene rings is 2. The highest BCUT2D eigenvalue weighted by Crippen LogP contribution is 2.35. The van der Waals surface area contributed by atoms with E-state index < -0.39 is 12.6 Å². The summed E-state index contributed by atoms with van der Waals surface area (Å²) in [7, 11) is 0. The first-order valence-electron chi connectivity index (χ1n) is 4.49. The Morgan fingerprint density at radius 3 is 2.67 bits per heavy atom. The Kier molecular flexibility index (Phi) is 2.77. The fourth-order valence-electron chi connectivity index (χ4n) is 1.38. The van der Waals surface area contributed by atoms with Crippen LogP contribution >= 0.6 is 22.7 Å². The lowest BCUT2D eigenvalue weighted by molar-refractivity contribution is -0.133. The Labute approximate surface area is 93.4 Å². The van der Waals surface area contributed by atoms with Gasteiger partial charge in [0.15, 0.2) is 0 Å². The lowest BCUT2D eigenvalue weighted by Gasteiger charge is -2.03. The fraction of sp³-hybridized carbons (Fsp3) is 0.400. The number of alkyl halides is 3. The van der Waals surface area contributed by atoms with Crippen molar-refractivity contribution in [2.45, 2.75) is 25.9 Å². The highest BCUT2D eigenvalue weighted by Gasteiger charge is 2.26. The normalized spacial score (nSPS) is 12.5. The standard InChI is InChI=1S/C10H9F3S2/c1-6-5-14-8-4-7(15-9(6)8)2-3-10(11,12)13/h4-5H,2-3H2,1H3. The van der Waals surface area contributed by atoms with Gasteiger partial charge in [0, 0.05) is 20.7 Å². The SMILES string of the molecule is Cc1csc2cc(CCC(F)(F)F)sc12. The van der Waals surface area contributed by atoms with Crippen LogP contribution in [0.2, 0.25) is 0 Å². The number of halogens is 3. The van der Waals surface area contributed by atoms with Crippen LogP contribution in [0.25, 0.3) is 9.40 Å². The summed E-state index contributed by atoms with van der Waals surface area (Å²) in [4.78, 5) is 0.831. The van der Waals surface area contributed by atoms with Gasteiger partial charge in [0.05, 0.1) is 0 Å². The Morgan fingerprint density at radius 1 is 1.33 bits per heavy atom. The van der Waals surface area contributed by atoms with Gasteiger partial charge >= 0.3 is 6.18 Å². The number of aryl methyl sites for hydroxylation is 2. The van der Waals surface area contributed by atoms with Crippen LogP contribution in [0.3, 0.4) is 0 Å². The third-order valence-electron chi connectivity index (χ3n) is 2.12. The van der Waals surface area contributed by atoms with Crippen molar-refractivity contribution >= 4 is 32.1 Å². The molecule has 0 aliphatic carbocycles. The van der Waals surface area contributed by atoms with E-state index in [2.05, 4.69) is 0 Å². The molecule has 0 N–H and O–H groups in total. The molecule has 2 aromatic heterocycles. The second-order valence-corrected chi connectivity index (χ2v) is 5.49. The Morgan fingerprint density at radius 2 is 2.07 bits per heavy atom. The average Bonchev–Trinajstić information content (AvgIpc) is 2.64. The predicted octanol–water partition coefficient (Wildman–Crippen LogP) is 4.77. The molecule has 82 valence electrons. The fourth-order valence-corrected chi connectivity index (χ4v) is 3.72. The quantitative estimate of drug-likeness (QED) is 0.720. The van der Waals surface area contributed by atoms with E-state index in [0.29, 0.717) is 0 Å². The maximum atomic E-state index is 12.0. The second kappa shape index (κ2) is 3.79. The van der Waals surface area contributed by atoms with Crippen molar-refractivity contribution in [1.82, 2.24) is 0 Å². The zero-order chi connectivity index (χ0) is 11.1. The molecular formula is C10H9F3S2.